The van der Waals surface area contributed by atoms with E-state index in [0.717, 1.165) is 42.9 Å². The third kappa shape index (κ3) is 4.79. The summed E-state index contributed by atoms with van der Waals surface area (Å²) in [5, 5.41) is 15.8. The maximum atomic E-state index is 13.4. The highest BCUT2D eigenvalue weighted by molar-refractivity contribution is 5.79. The van der Waals surface area contributed by atoms with Crippen LogP contribution >= 0.6 is 0 Å². The number of hydrogen-bond acceptors (Lipinski definition) is 3. The molecule has 1 heterocycles. The number of nitrogens with zero attached hydrogens (tertiary/aromatic N) is 3. The standard InChI is InChI=1S/C21H26FN5O/c1-3-23-21(25-14-16-9-10-20(28)17(22)13-16)24-11-6-12-27-15(2)26-18-7-4-5-8-19(18)27/h4-5,7-10,13,28H,3,6,11-12,14H2,1-2H3,(H2,23,24,25). The Morgan fingerprint density at radius 1 is 1.21 bits per heavy atom. The maximum absolute atomic E-state index is 13.4. The molecule has 0 aliphatic carbocycles. The number of phenolic OH excluding ortho intramolecular Hbond substituents is 1. The molecule has 1 aromatic heterocycles. The van der Waals surface area contributed by atoms with Crippen LogP contribution in [0.3, 0.4) is 0 Å². The summed E-state index contributed by atoms with van der Waals surface area (Å²) in [4.78, 5) is 9.07. The van der Waals surface area contributed by atoms with Crippen molar-refractivity contribution in [1.82, 2.24) is 20.2 Å². The van der Waals surface area contributed by atoms with E-state index < -0.39 is 5.82 Å². The Bertz CT molecular complexity index is 967. The number of benzene rings is 2. The molecule has 0 aliphatic rings. The fourth-order valence-corrected chi connectivity index (χ4v) is 3.08. The molecule has 7 heteroatoms. The number of rotatable bonds is 7. The van der Waals surface area contributed by atoms with Crippen molar-refractivity contribution in [3.63, 3.8) is 0 Å². The third-order valence-corrected chi connectivity index (χ3v) is 4.47. The minimum Gasteiger partial charge on any atom is -0.505 e. The molecule has 0 amide bonds. The van der Waals surface area contributed by atoms with E-state index in [1.54, 1.807) is 6.07 Å². The molecule has 2 aromatic carbocycles. The number of nitrogens with one attached hydrogen (secondary N) is 2. The summed E-state index contributed by atoms with van der Waals surface area (Å²) in [6.07, 6.45) is 0.916. The summed E-state index contributed by atoms with van der Waals surface area (Å²) in [7, 11) is 0. The van der Waals surface area contributed by atoms with Crippen molar-refractivity contribution in [3.05, 3.63) is 59.7 Å². The highest BCUT2D eigenvalue weighted by Gasteiger charge is 2.06. The molecule has 0 radical (unpaired) electrons. The lowest BCUT2D eigenvalue weighted by Gasteiger charge is -2.12. The SMILES string of the molecule is CCNC(=NCc1ccc(O)c(F)c1)NCCCn1c(C)nc2ccccc21. The van der Waals surface area contributed by atoms with Gasteiger partial charge in [0.05, 0.1) is 17.6 Å². The lowest BCUT2D eigenvalue weighted by atomic mass is 10.2. The van der Waals surface area contributed by atoms with E-state index >= 15 is 0 Å². The first kappa shape index (κ1) is 19.7. The molecule has 6 nitrogen and oxygen atoms in total. The Morgan fingerprint density at radius 2 is 2.04 bits per heavy atom. The van der Waals surface area contributed by atoms with E-state index in [9.17, 15) is 9.50 Å². The van der Waals surface area contributed by atoms with E-state index in [1.165, 1.54) is 12.1 Å². The fourth-order valence-electron chi connectivity index (χ4n) is 3.08. The molecule has 0 bridgehead atoms. The minimum atomic E-state index is -0.631. The number of imidazole rings is 1. The second-order valence-corrected chi connectivity index (χ2v) is 6.56. The van der Waals surface area contributed by atoms with Crippen LogP contribution in [-0.2, 0) is 13.1 Å². The van der Waals surface area contributed by atoms with Crippen LogP contribution in [0.2, 0.25) is 0 Å². The number of aryl methyl sites for hydroxylation is 2. The van der Waals surface area contributed by atoms with Crippen LogP contribution in [0.4, 0.5) is 4.39 Å². The van der Waals surface area contributed by atoms with Crippen molar-refractivity contribution in [2.45, 2.75) is 33.4 Å². The van der Waals surface area contributed by atoms with Crippen molar-refractivity contribution >= 4 is 17.0 Å². The Kier molecular flexibility index (Phi) is 6.47. The van der Waals surface area contributed by atoms with E-state index in [1.807, 2.05) is 32.0 Å². The van der Waals surface area contributed by atoms with Crippen molar-refractivity contribution in [2.75, 3.05) is 13.1 Å². The van der Waals surface area contributed by atoms with Crippen LogP contribution in [0, 0.1) is 12.7 Å². The van der Waals surface area contributed by atoms with Crippen molar-refractivity contribution in [1.29, 1.82) is 0 Å². The molecular weight excluding hydrogens is 357 g/mol. The number of phenols is 1. The number of aliphatic imine (C=N–C) groups is 1. The zero-order valence-electron chi connectivity index (χ0n) is 16.2. The lowest BCUT2D eigenvalue weighted by molar-refractivity contribution is 0.432. The second-order valence-electron chi connectivity index (χ2n) is 6.56. The molecule has 28 heavy (non-hydrogen) atoms. The monoisotopic (exact) mass is 383 g/mol. The largest absolute Gasteiger partial charge is 0.505 e. The number of halogens is 1. The number of hydrogen-bond donors (Lipinski definition) is 3. The maximum Gasteiger partial charge on any atom is 0.191 e. The van der Waals surface area contributed by atoms with E-state index in [-0.39, 0.29) is 5.75 Å². The molecule has 0 spiro atoms. The van der Waals surface area contributed by atoms with Gasteiger partial charge in [0.2, 0.25) is 0 Å². The molecule has 3 rings (SSSR count). The molecule has 0 saturated heterocycles. The summed E-state index contributed by atoms with van der Waals surface area (Å²) >= 11 is 0. The van der Waals surface area contributed by atoms with Gasteiger partial charge in [-0.25, -0.2) is 14.4 Å². The molecule has 148 valence electrons. The molecule has 0 saturated carbocycles. The van der Waals surface area contributed by atoms with E-state index in [2.05, 4.69) is 31.2 Å². The predicted octanol–water partition coefficient (Wildman–Crippen LogP) is 3.33. The van der Waals surface area contributed by atoms with Gasteiger partial charge in [-0.1, -0.05) is 18.2 Å². The minimum absolute atomic E-state index is 0.331. The van der Waals surface area contributed by atoms with Gasteiger partial charge < -0.3 is 20.3 Å². The highest BCUT2D eigenvalue weighted by atomic mass is 19.1. The van der Waals surface area contributed by atoms with Crippen LogP contribution in [-0.4, -0.2) is 33.7 Å². The van der Waals surface area contributed by atoms with Gasteiger partial charge in [-0.3, -0.25) is 0 Å². The second kappa shape index (κ2) is 9.21. The van der Waals surface area contributed by atoms with Crippen LogP contribution < -0.4 is 10.6 Å². The zero-order valence-corrected chi connectivity index (χ0v) is 16.2. The molecule has 0 atom stereocenters. The Balaban J connectivity index is 1.55. The number of para-hydroxylation sites is 2. The first-order chi connectivity index (χ1) is 13.6. The normalized spacial score (nSPS) is 11.8. The molecule has 3 N–H and O–H groups in total. The van der Waals surface area contributed by atoms with Gasteiger partial charge in [-0.05, 0) is 50.1 Å². The Labute approximate surface area is 164 Å². The average Bonchev–Trinajstić information content (AvgIpc) is 3.01. The molecule has 0 unspecified atom stereocenters. The summed E-state index contributed by atoms with van der Waals surface area (Å²) < 4.78 is 15.7. The quantitative estimate of drug-likeness (QED) is 0.332. The molecule has 0 fully saturated rings. The number of guanidine groups is 1. The van der Waals surface area contributed by atoms with Gasteiger partial charge in [-0.15, -0.1) is 0 Å². The van der Waals surface area contributed by atoms with E-state index in [4.69, 9.17) is 0 Å². The topological polar surface area (TPSA) is 74.5 Å². The number of fused-ring (bicyclic) bond motifs is 1. The summed E-state index contributed by atoms with van der Waals surface area (Å²) in [6, 6.07) is 12.5. The molecule has 3 aromatic rings. The van der Waals surface area contributed by atoms with Crippen LogP contribution in [0.1, 0.15) is 24.7 Å². The van der Waals surface area contributed by atoms with Crippen molar-refractivity contribution in [2.24, 2.45) is 4.99 Å². The Morgan fingerprint density at radius 3 is 2.82 bits per heavy atom. The van der Waals surface area contributed by atoms with Crippen molar-refractivity contribution in [3.8, 4) is 5.75 Å². The summed E-state index contributed by atoms with van der Waals surface area (Å²) in [6.45, 7) is 6.70. The number of aromatic nitrogens is 2. The molecule has 0 aliphatic heterocycles. The van der Waals surface area contributed by atoms with Gasteiger partial charge in [0, 0.05) is 19.6 Å². The van der Waals surface area contributed by atoms with Gasteiger partial charge >= 0.3 is 0 Å². The van der Waals surface area contributed by atoms with Gasteiger partial charge in [0.25, 0.3) is 0 Å². The van der Waals surface area contributed by atoms with E-state index in [0.29, 0.717) is 18.1 Å². The summed E-state index contributed by atoms with van der Waals surface area (Å²) in [5.74, 6) is 0.716. The first-order valence-corrected chi connectivity index (χ1v) is 9.50. The summed E-state index contributed by atoms with van der Waals surface area (Å²) in [5.41, 5.74) is 2.87. The first-order valence-electron chi connectivity index (χ1n) is 9.50. The zero-order chi connectivity index (χ0) is 19.9. The van der Waals surface area contributed by atoms with Crippen molar-refractivity contribution < 1.29 is 9.50 Å². The Hall–Kier alpha value is -3.09. The van der Waals surface area contributed by atoms with Crippen LogP contribution in [0.15, 0.2) is 47.5 Å². The third-order valence-electron chi connectivity index (χ3n) is 4.47. The van der Waals surface area contributed by atoms with Crippen LogP contribution in [0.25, 0.3) is 11.0 Å². The smallest absolute Gasteiger partial charge is 0.191 e. The average molecular weight is 383 g/mol. The fraction of sp³-hybridized carbons (Fsp3) is 0.333. The van der Waals surface area contributed by atoms with Gasteiger partial charge in [0.15, 0.2) is 17.5 Å². The lowest BCUT2D eigenvalue weighted by Crippen LogP contribution is -2.38. The van der Waals surface area contributed by atoms with Crippen LogP contribution in [0.5, 0.6) is 5.75 Å². The van der Waals surface area contributed by atoms with Gasteiger partial charge in [0.1, 0.15) is 5.82 Å². The predicted molar refractivity (Wildman–Crippen MR) is 110 cm³/mol. The molecular formula is C21H26FN5O. The highest BCUT2D eigenvalue weighted by Crippen LogP contribution is 2.17. The number of aromatic hydroxyl groups is 1. The van der Waals surface area contributed by atoms with Gasteiger partial charge in [-0.2, -0.15) is 0 Å².